The van der Waals surface area contributed by atoms with Crippen LogP contribution < -0.4 is 10.5 Å². The molecule has 13 heteroatoms. The van der Waals surface area contributed by atoms with Crippen LogP contribution in [0, 0.1) is 5.82 Å². The van der Waals surface area contributed by atoms with Gasteiger partial charge in [-0.15, -0.1) is 24.8 Å². The fourth-order valence-corrected chi connectivity index (χ4v) is 5.48. The first-order chi connectivity index (χ1) is 16.1. The second-order valence-electron chi connectivity index (χ2n) is 8.20. The smallest absolute Gasteiger partial charge is 0.320 e. The van der Waals surface area contributed by atoms with Gasteiger partial charge in [0.1, 0.15) is 11.9 Å². The molecule has 0 amide bonds. The van der Waals surface area contributed by atoms with Crippen molar-refractivity contribution in [3.63, 3.8) is 0 Å². The molecule has 0 bridgehead atoms. The van der Waals surface area contributed by atoms with Crippen LogP contribution in [0.3, 0.4) is 0 Å². The summed E-state index contributed by atoms with van der Waals surface area (Å²) in [7, 11) is -3.89. The molecule has 1 aliphatic rings. The summed E-state index contributed by atoms with van der Waals surface area (Å²) in [5.74, 6) is -1.09. The van der Waals surface area contributed by atoms with Gasteiger partial charge in [-0.3, -0.25) is 9.48 Å². The van der Waals surface area contributed by atoms with Crippen LogP contribution in [-0.4, -0.2) is 52.7 Å². The van der Waals surface area contributed by atoms with E-state index in [0.717, 1.165) is 0 Å². The van der Waals surface area contributed by atoms with E-state index < -0.39 is 33.5 Å². The van der Waals surface area contributed by atoms with Gasteiger partial charge in [-0.05, 0) is 48.7 Å². The van der Waals surface area contributed by atoms with Crippen LogP contribution in [0.1, 0.15) is 18.1 Å². The van der Waals surface area contributed by atoms with Crippen molar-refractivity contribution in [1.82, 2.24) is 14.1 Å². The number of rotatable bonds is 9. The number of aromatic nitrogens is 2. The van der Waals surface area contributed by atoms with E-state index >= 15 is 0 Å². The van der Waals surface area contributed by atoms with Gasteiger partial charge < -0.3 is 15.6 Å². The van der Waals surface area contributed by atoms with Crippen LogP contribution in [0.15, 0.2) is 65.8 Å². The molecule has 3 aromatic rings. The van der Waals surface area contributed by atoms with E-state index in [-0.39, 0.29) is 49.2 Å². The average molecular weight is 561 g/mol. The molecule has 4 rings (SSSR count). The lowest BCUT2D eigenvalue weighted by atomic mass is 9.87. The van der Waals surface area contributed by atoms with Crippen molar-refractivity contribution in [1.29, 1.82) is 0 Å². The van der Waals surface area contributed by atoms with Crippen molar-refractivity contribution in [2.24, 2.45) is 5.73 Å². The van der Waals surface area contributed by atoms with Gasteiger partial charge in [0.05, 0.1) is 30.4 Å². The number of sulfonamides is 1. The second kappa shape index (κ2) is 11.6. The molecule has 0 radical (unpaired) electrons. The summed E-state index contributed by atoms with van der Waals surface area (Å²) >= 11 is 0. The summed E-state index contributed by atoms with van der Waals surface area (Å²) in [4.78, 5) is 11.1. The summed E-state index contributed by atoms with van der Waals surface area (Å²) in [5.41, 5.74) is 5.73. The zero-order valence-corrected chi connectivity index (χ0v) is 21.7. The van der Waals surface area contributed by atoms with Crippen LogP contribution in [0.2, 0.25) is 0 Å². The molecule has 0 unspecified atom stereocenters. The van der Waals surface area contributed by atoms with Gasteiger partial charge in [0.2, 0.25) is 10.0 Å². The molecule has 2 aromatic carbocycles. The van der Waals surface area contributed by atoms with E-state index in [4.69, 9.17) is 15.6 Å². The molecule has 0 aliphatic carbocycles. The number of benzene rings is 2. The Morgan fingerprint density at radius 3 is 2.47 bits per heavy atom. The van der Waals surface area contributed by atoms with E-state index in [1.165, 1.54) is 28.6 Å². The largest absolute Gasteiger partial charge is 0.480 e. The Bertz CT molecular complexity index is 1300. The maximum atomic E-state index is 13.5. The Morgan fingerprint density at radius 2 is 1.89 bits per heavy atom. The molecule has 196 valence electrons. The number of aryl methyl sites for hydroxylation is 1. The fourth-order valence-electron chi connectivity index (χ4n) is 3.87. The Balaban J connectivity index is 0.00000228. The van der Waals surface area contributed by atoms with Gasteiger partial charge >= 0.3 is 5.97 Å². The third kappa shape index (κ3) is 5.98. The summed E-state index contributed by atoms with van der Waals surface area (Å²) < 4.78 is 49.3. The molecule has 3 N–H and O–H groups in total. The van der Waals surface area contributed by atoms with Crippen molar-refractivity contribution < 1.29 is 27.4 Å². The normalized spacial score (nSPS) is 15.6. The third-order valence-electron chi connectivity index (χ3n) is 5.79. The number of aliphatic carboxylic acids is 1. The molecule has 36 heavy (non-hydrogen) atoms. The predicted octanol–water partition coefficient (Wildman–Crippen LogP) is 2.82. The lowest BCUT2D eigenvalue weighted by Crippen LogP contribution is -2.64. The molecular formula is C23H27Cl2FN4O5S. The highest BCUT2D eigenvalue weighted by molar-refractivity contribution is 7.89. The molecule has 1 saturated heterocycles. The Hall–Kier alpha value is -2.70. The monoisotopic (exact) mass is 560 g/mol. The van der Waals surface area contributed by atoms with E-state index in [0.29, 0.717) is 23.4 Å². The topological polar surface area (TPSA) is 128 Å². The lowest BCUT2D eigenvalue weighted by molar-refractivity contribution is -0.138. The minimum atomic E-state index is -3.89. The summed E-state index contributed by atoms with van der Waals surface area (Å²) in [6.45, 7) is 2.60. The Labute approximate surface area is 220 Å². The quantitative estimate of drug-likeness (QED) is 0.411. The molecule has 1 atom stereocenters. The van der Waals surface area contributed by atoms with Crippen LogP contribution in [-0.2, 0) is 33.4 Å². The highest BCUT2D eigenvalue weighted by atomic mass is 35.5. The van der Waals surface area contributed by atoms with E-state index in [1.54, 1.807) is 41.3 Å². The van der Waals surface area contributed by atoms with Crippen LogP contribution in [0.4, 0.5) is 4.39 Å². The predicted molar refractivity (Wildman–Crippen MR) is 136 cm³/mol. The molecule has 0 spiro atoms. The molecule has 0 saturated carbocycles. The number of carboxylic acids is 1. The number of hydrogen-bond acceptors (Lipinski definition) is 6. The molecule has 9 nitrogen and oxygen atoms in total. The summed E-state index contributed by atoms with van der Waals surface area (Å²) in [6, 6.07) is 10.7. The Morgan fingerprint density at radius 1 is 1.22 bits per heavy atom. The van der Waals surface area contributed by atoms with E-state index in [1.807, 2.05) is 6.92 Å². The van der Waals surface area contributed by atoms with Gasteiger partial charge in [-0.2, -0.15) is 9.40 Å². The third-order valence-corrected chi connectivity index (χ3v) is 7.58. The van der Waals surface area contributed by atoms with Crippen molar-refractivity contribution in [2.75, 3.05) is 13.1 Å². The van der Waals surface area contributed by atoms with E-state index in [9.17, 15) is 17.6 Å². The summed E-state index contributed by atoms with van der Waals surface area (Å²) in [6.07, 6.45) is 3.28. The minimum Gasteiger partial charge on any atom is -0.480 e. The standard InChI is InChI=1S/C23H25FN4O5S.2ClH/c1-2-27-13-19(12-26-27)33-23(17-6-8-18(24)9-7-17)14-28(15-23)34(31,32)20-5-3-4-16(10-20)11-21(25)22(29)30;;/h3-10,12-13,21H,2,11,14-15,25H2,1H3,(H,29,30);2*1H/t21-;;/m0../s1. The van der Waals surface area contributed by atoms with Crippen LogP contribution in [0.25, 0.3) is 0 Å². The molecular weight excluding hydrogens is 534 g/mol. The highest BCUT2D eigenvalue weighted by Crippen LogP contribution is 2.40. The van der Waals surface area contributed by atoms with Gasteiger partial charge in [0, 0.05) is 6.54 Å². The maximum Gasteiger partial charge on any atom is 0.320 e. The zero-order chi connectivity index (χ0) is 24.5. The average Bonchev–Trinajstić information content (AvgIpc) is 3.24. The lowest BCUT2D eigenvalue weighted by Gasteiger charge is -2.48. The van der Waals surface area contributed by atoms with Crippen LogP contribution in [0.5, 0.6) is 5.75 Å². The number of carbonyl (C=O) groups is 1. The van der Waals surface area contributed by atoms with E-state index in [2.05, 4.69) is 5.10 Å². The first-order valence-electron chi connectivity index (χ1n) is 10.7. The summed E-state index contributed by atoms with van der Waals surface area (Å²) in [5, 5.41) is 13.2. The van der Waals surface area contributed by atoms with Gasteiger partial charge in [0.15, 0.2) is 11.4 Å². The van der Waals surface area contributed by atoms with Crippen LogP contribution >= 0.6 is 24.8 Å². The molecule has 2 heterocycles. The molecule has 1 fully saturated rings. The number of ether oxygens (including phenoxy) is 1. The van der Waals surface area contributed by atoms with Crippen molar-refractivity contribution in [3.05, 3.63) is 77.9 Å². The maximum absolute atomic E-state index is 13.5. The zero-order valence-electron chi connectivity index (χ0n) is 19.3. The number of halogens is 3. The number of hydrogen-bond donors (Lipinski definition) is 2. The van der Waals surface area contributed by atoms with Gasteiger partial charge in [0.25, 0.3) is 0 Å². The molecule has 1 aromatic heterocycles. The highest BCUT2D eigenvalue weighted by Gasteiger charge is 2.52. The van der Waals surface area contributed by atoms with Gasteiger partial charge in [-0.1, -0.05) is 24.3 Å². The molecule has 1 aliphatic heterocycles. The Kier molecular flexibility index (Phi) is 9.49. The number of carboxylic acid groups (broad SMARTS) is 1. The van der Waals surface area contributed by atoms with Gasteiger partial charge in [-0.25, -0.2) is 12.8 Å². The minimum absolute atomic E-state index is 0. The second-order valence-corrected chi connectivity index (χ2v) is 10.1. The van der Waals surface area contributed by atoms with Crippen molar-refractivity contribution in [3.8, 4) is 5.75 Å². The first-order valence-corrected chi connectivity index (χ1v) is 12.1. The SMILES string of the molecule is CCn1cc(OC2(c3ccc(F)cc3)CN(S(=O)(=O)c3cccc(C[C@H](N)C(=O)O)c3)C2)cn1.Cl.Cl. The fraction of sp³-hybridized carbons (Fsp3) is 0.304. The number of nitrogens with two attached hydrogens (primary N) is 1. The first kappa shape index (κ1) is 29.5. The van der Waals surface area contributed by atoms with Crippen molar-refractivity contribution >= 4 is 40.8 Å². The van der Waals surface area contributed by atoms with Crippen molar-refractivity contribution in [2.45, 2.75) is 36.4 Å². The number of nitrogens with zero attached hydrogens (tertiary/aromatic N) is 3.